The van der Waals surface area contributed by atoms with Gasteiger partial charge in [0.05, 0.1) is 12.4 Å². The van der Waals surface area contributed by atoms with Crippen molar-refractivity contribution in [2.45, 2.75) is 55.9 Å². The number of nitrogens with two attached hydrogens (primary N) is 3. The summed E-state index contributed by atoms with van der Waals surface area (Å²) in [5, 5.41) is 33.3. The molecule has 2 aromatic heterocycles. The molecule has 1 saturated heterocycles. The lowest BCUT2D eigenvalue weighted by molar-refractivity contribution is -0.138. The van der Waals surface area contributed by atoms with Crippen molar-refractivity contribution in [2.24, 2.45) is 11.5 Å². The number of nitrogens with one attached hydrogen (secondary N) is 1. The molecule has 3 heterocycles. The quantitative estimate of drug-likeness (QED) is 0.211. The Morgan fingerprint density at radius 2 is 2.03 bits per heavy atom. The van der Waals surface area contributed by atoms with E-state index in [0.717, 1.165) is 0 Å². The Morgan fingerprint density at radius 3 is 2.73 bits per heavy atom. The van der Waals surface area contributed by atoms with Crippen LogP contribution >= 0.6 is 0 Å². The zero-order chi connectivity index (χ0) is 21.8. The van der Waals surface area contributed by atoms with Gasteiger partial charge in [0.2, 0.25) is 0 Å². The molecule has 30 heavy (non-hydrogen) atoms. The van der Waals surface area contributed by atoms with Gasteiger partial charge in [0, 0.05) is 19.1 Å². The van der Waals surface area contributed by atoms with Gasteiger partial charge in [-0.1, -0.05) is 0 Å². The van der Waals surface area contributed by atoms with Gasteiger partial charge in [-0.15, -0.1) is 0 Å². The van der Waals surface area contributed by atoms with E-state index >= 15 is 0 Å². The number of anilines is 1. The van der Waals surface area contributed by atoms with Crippen LogP contribution in [-0.2, 0) is 9.53 Å². The topological polar surface area (TPSA) is 221 Å². The van der Waals surface area contributed by atoms with Crippen molar-refractivity contribution < 1.29 is 24.9 Å². The summed E-state index contributed by atoms with van der Waals surface area (Å²) in [5.74, 6) is -0.877. The van der Waals surface area contributed by atoms with Gasteiger partial charge in [-0.2, -0.15) is 0 Å². The minimum atomic E-state index is -1.22. The van der Waals surface area contributed by atoms with Gasteiger partial charge < -0.3 is 42.6 Å². The predicted octanol–water partition coefficient (Wildman–Crippen LogP) is -2.47. The third kappa shape index (κ3) is 4.66. The number of carboxylic acid groups (broad SMARTS) is 1. The summed E-state index contributed by atoms with van der Waals surface area (Å²) < 4.78 is 7.45. The van der Waals surface area contributed by atoms with Crippen molar-refractivity contribution in [3.05, 3.63) is 12.7 Å². The number of aliphatic hydroxyl groups excluding tert-OH is 2. The molecule has 0 unspecified atom stereocenters. The van der Waals surface area contributed by atoms with Crippen LogP contribution in [-0.4, -0.2) is 84.3 Å². The first kappa shape index (κ1) is 22.3. The summed E-state index contributed by atoms with van der Waals surface area (Å²) in [6.07, 6.45) is -0.295. The zero-order valence-electron chi connectivity index (χ0n) is 16.3. The Bertz CT molecular complexity index is 864. The number of carboxylic acids is 1. The lowest BCUT2D eigenvalue weighted by Gasteiger charge is -2.24. The number of imidazole rings is 1. The molecule has 13 nitrogen and oxygen atoms in total. The lowest BCUT2D eigenvalue weighted by atomic mass is 9.98. The molecule has 0 radical (unpaired) electrons. The van der Waals surface area contributed by atoms with Crippen LogP contribution in [0, 0.1) is 0 Å². The fourth-order valence-corrected chi connectivity index (χ4v) is 3.59. The van der Waals surface area contributed by atoms with E-state index < -0.39 is 36.6 Å². The molecule has 1 aliphatic rings. The minimum absolute atomic E-state index is 0.198. The fraction of sp³-hybridized carbons (Fsp3) is 0.647. The highest BCUT2D eigenvalue weighted by molar-refractivity contribution is 5.81. The lowest BCUT2D eigenvalue weighted by Crippen LogP contribution is -2.41. The normalized spacial score (nSPS) is 26.1. The maximum absolute atomic E-state index is 11.0. The molecule has 0 amide bonds. The van der Waals surface area contributed by atoms with E-state index in [4.69, 9.17) is 27.0 Å². The molecule has 13 heteroatoms. The van der Waals surface area contributed by atoms with Crippen LogP contribution in [0.5, 0.6) is 0 Å². The number of hydrogen-bond acceptors (Lipinski definition) is 11. The van der Waals surface area contributed by atoms with E-state index in [1.165, 1.54) is 17.2 Å². The van der Waals surface area contributed by atoms with Crippen LogP contribution in [0.3, 0.4) is 0 Å². The standard InChI is InChI=1S/C17H28N8O5/c18-3-4-21-8(1-2-9(19)17(28)29)5-10-12(26)13(27)16(30-10)25-7-24-11-14(20)22-6-23-15(11)25/h6-10,12-13,16,21,26-27H,1-5,18-19H2,(H,28,29)(H2,20,22,23)/t8-,9-,10+,12+,13+,16+/m0/s1. The number of nitrogens with zero attached hydrogens (tertiary/aromatic N) is 4. The molecule has 1 fully saturated rings. The number of aromatic nitrogens is 4. The summed E-state index contributed by atoms with van der Waals surface area (Å²) in [6, 6.07) is -1.19. The fourth-order valence-electron chi connectivity index (χ4n) is 3.59. The van der Waals surface area contributed by atoms with Gasteiger partial charge in [0.25, 0.3) is 0 Å². The van der Waals surface area contributed by atoms with Crippen molar-refractivity contribution in [3.63, 3.8) is 0 Å². The number of aliphatic carboxylic acids is 1. The molecular formula is C17H28N8O5. The number of nitrogen functional groups attached to an aromatic ring is 1. The second-order valence-corrected chi connectivity index (χ2v) is 7.33. The molecule has 10 N–H and O–H groups in total. The van der Waals surface area contributed by atoms with Crippen LogP contribution in [0.25, 0.3) is 11.2 Å². The third-order valence-corrected chi connectivity index (χ3v) is 5.24. The first-order valence-corrected chi connectivity index (χ1v) is 9.70. The number of fused-ring (bicyclic) bond motifs is 1. The maximum Gasteiger partial charge on any atom is 0.320 e. The third-order valence-electron chi connectivity index (χ3n) is 5.24. The van der Waals surface area contributed by atoms with Gasteiger partial charge in [0.1, 0.15) is 30.1 Å². The molecule has 2 aromatic rings. The Balaban J connectivity index is 1.72. The highest BCUT2D eigenvalue weighted by Gasteiger charge is 2.45. The molecule has 1 aliphatic heterocycles. The Morgan fingerprint density at radius 1 is 1.27 bits per heavy atom. The smallest absolute Gasteiger partial charge is 0.320 e. The number of carbonyl (C=O) groups is 1. The Labute approximate surface area is 172 Å². The summed E-state index contributed by atoms with van der Waals surface area (Å²) in [4.78, 5) is 23.2. The predicted molar refractivity (Wildman–Crippen MR) is 106 cm³/mol. The van der Waals surface area contributed by atoms with E-state index in [1.54, 1.807) is 0 Å². The molecule has 0 aromatic carbocycles. The molecular weight excluding hydrogens is 396 g/mol. The van der Waals surface area contributed by atoms with Crippen LogP contribution in [0.1, 0.15) is 25.5 Å². The molecule has 166 valence electrons. The summed E-state index contributed by atoms with van der Waals surface area (Å²) in [7, 11) is 0. The molecule has 3 rings (SSSR count). The number of hydrogen-bond donors (Lipinski definition) is 7. The van der Waals surface area contributed by atoms with Crippen molar-refractivity contribution in [2.75, 3.05) is 18.8 Å². The first-order chi connectivity index (χ1) is 14.3. The first-order valence-electron chi connectivity index (χ1n) is 9.70. The van der Waals surface area contributed by atoms with Crippen molar-refractivity contribution >= 4 is 23.0 Å². The molecule has 0 bridgehead atoms. The number of rotatable bonds is 10. The highest BCUT2D eigenvalue weighted by Crippen LogP contribution is 2.34. The average molecular weight is 424 g/mol. The van der Waals surface area contributed by atoms with Gasteiger partial charge in [-0.05, 0) is 19.3 Å². The molecule has 0 saturated carbocycles. The molecule has 0 aliphatic carbocycles. The van der Waals surface area contributed by atoms with Gasteiger partial charge >= 0.3 is 5.97 Å². The number of aliphatic hydroxyl groups is 2. The monoisotopic (exact) mass is 424 g/mol. The molecule has 0 spiro atoms. The van der Waals surface area contributed by atoms with Gasteiger partial charge in [0.15, 0.2) is 17.7 Å². The maximum atomic E-state index is 11.0. The second-order valence-electron chi connectivity index (χ2n) is 7.33. The van der Waals surface area contributed by atoms with Crippen LogP contribution in [0.4, 0.5) is 5.82 Å². The van der Waals surface area contributed by atoms with Crippen molar-refractivity contribution in [1.82, 2.24) is 24.8 Å². The van der Waals surface area contributed by atoms with E-state index in [9.17, 15) is 15.0 Å². The summed E-state index contributed by atoms with van der Waals surface area (Å²) in [5.41, 5.74) is 17.7. The highest BCUT2D eigenvalue weighted by atomic mass is 16.6. The largest absolute Gasteiger partial charge is 0.480 e. The Hall–Kier alpha value is -2.42. The summed E-state index contributed by atoms with van der Waals surface area (Å²) >= 11 is 0. The van der Waals surface area contributed by atoms with Gasteiger partial charge in [-0.25, -0.2) is 15.0 Å². The van der Waals surface area contributed by atoms with Crippen LogP contribution in [0.15, 0.2) is 12.7 Å². The van der Waals surface area contributed by atoms with Crippen LogP contribution < -0.4 is 22.5 Å². The van der Waals surface area contributed by atoms with Crippen LogP contribution in [0.2, 0.25) is 0 Å². The van der Waals surface area contributed by atoms with Gasteiger partial charge in [-0.3, -0.25) is 9.36 Å². The van der Waals surface area contributed by atoms with E-state index in [2.05, 4.69) is 20.3 Å². The van der Waals surface area contributed by atoms with E-state index in [-0.39, 0.29) is 18.3 Å². The number of ether oxygens (including phenoxy) is 1. The van der Waals surface area contributed by atoms with E-state index in [0.29, 0.717) is 37.1 Å². The summed E-state index contributed by atoms with van der Waals surface area (Å²) in [6.45, 7) is 0.896. The minimum Gasteiger partial charge on any atom is -0.480 e. The van der Waals surface area contributed by atoms with Crippen molar-refractivity contribution in [3.8, 4) is 0 Å². The second kappa shape index (κ2) is 9.59. The van der Waals surface area contributed by atoms with E-state index in [1.807, 2.05) is 0 Å². The van der Waals surface area contributed by atoms with Crippen molar-refractivity contribution in [1.29, 1.82) is 0 Å². The zero-order valence-corrected chi connectivity index (χ0v) is 16.3. The molecule has 6 atom stereocenters. The SMILES string of the molecule is NCCN[C@@H](CC[C@H](N)C(=O)O)C[C@H]1O[C@@H](n2cnc3c(N)ncnc32)[C@H](O)[C@@H]1O. The average Bonchev–Trinajstić information content (AvgIpc) is 3.26. The Kier molecular flexibility index (Phi) is 7.12.